The van der Waals surface area contributed by atoms with Crippen LogP contribution in [0.5, 0.6) is 5.75 Å². The van der Waals surface area contributed by atoms with Crippen LogP contribution in [0.3, 0.4) is 0 Å². The topological polar surface area (TPSA) is 92.6 Å². The molecule has 0 radical (unpaired) electrons. The van der Waals surface area contributed by atoms with Gasteiger partial charge in [-0.25, -0.2) is 9.97 Å². The first-order valence-electron chi connectivity index (χ1n) is 11.3. The maximum atomic E-state index is 10.4. The van der Waals surface area contributed by atoms with Gasteiger partial charge in [0.25, 0.3) is 0 Å². The molecule has 1 saturated heterocycles. The Hall–Kier alpha value is -2.33. The van der Waals surface area contributed by atoms with Crippen molar-refractivity contribution >= 4 is 28.1 Å². The number of ether oxygens (including phenoxy) is 2. The molecule has 0 bridgehead atoms. The minimum absolute atomic E-state index is 0.123. The van der Waals surface area contributed by atoms with Gasteiger partial charge in [0.1, 0.15) is 16.3 Å². The number of rotatable bonds is 6. The van der Waals surface area contributed by atoms with Gasteiger partial charge in [0, 0.05) is 54.4 Å². The molecule has 1 unspecified atom stereocenters. The second kappa shape index (κ2) is 9.66. The van der Waals surface area contributed by atoms with Gasteiger partial charge in [0.05, 0.1) is 24.8 Å². The van der Waals surface area contributed by atoms with Crippen LogP contribution in [0.15, 0.2) is 30.7 Å². The van der Waals surface area contributed by atoms with Crippen molar-refractivity contribution in [3.63, 3.8) is 0 Å². The summed E-state index contributed by atoms with van der Waals surface area (Å²) in [5.74, 6) is 0.798. The summed E-state index contributed by atoms with van der Waals surface area (Å²) in [6, 6.07) is 4.44. The van der Waals surface area contributed by atoms with Crippen LogP contribution in [0.2, 0.25) is 0 Å². The van der Waals surface area contributed by atoms with Gasteiger partial charge in [-0.3, -0.25) is 10.3 Å². The van der Waals surface area contributed by atoms with Crippen LogP contribution < -0.4 is 15.0 Å². The summed E-state index contributed by atoms with van der Waals surface area (Å²) in [6.07, 6.45) is 8.38. The highest BCUT2D eigenvalue weighted by molar-refractivity contribution is 7.11. The second-order valence-corrected chi connectivity index (χ2v) is 9.70. The predicted octanol–water partition coefficient (Wildman–Crippen LogP) is 3.20. The Balaban J connectivity index is 1.25. The van der Waals surface area contributed by atoms with Gasteiger partial charge in [0.2, 0.25) is 0 Å². The number of morpholine rings is 1. The Kier molecular flexibility index (Phi) is 6.49. The zero-order valence-corrected chi connectivity index (χ0v) is 19.1. The van der Waals surface area contributed by atoms with E-state index in [1.807, 2.05) is 6.92 Å². The number of aryl methyl sites for hydroxylation is 1. The first-order valence-corrected chi connectivity index (χ1v) is 12.1. The molecule has 2 N–H and O–H groups in total. The second-order valence-electron chi connectivity index (χ2n) is 8.44. The Morgan fingerprint density at radius 1 is 1.12 bits per heavy atom. The molecule has 2 aliphatic rings. The van der Waals surface area contributed by atoms with Gasteiger partial charge < -0.3 is 19.5 Å². The molecule has 5 rings (SSSR count). The first-order chi connectivity index (χ1) is 15.7. The van der Waals surface area contributed by atoms with Gasteiger partial charge in [-0.05, 0) is 38.7 Å². The highest BCUT2D eigenvalue weighted by Crippen LogP contribution is 2.33. The van der Waals surface area contributed by atoms with E-state index in [4.69, 9.17) is 9.47 Å². The van der Waals surface area contributed by atoms with Crippen molar-refractivity contribution in [1.29, 1.82) is 0 Å². The SMILES string of the molecule is Cc1cnc(C(O)NC2CCC(Oc3cc(N4CCOCC4)cc4nccnc34)CC2)s1. The lowest BCUT2D eigenvalue weighted by Crippen LogP contribution is -2.38. The van der Waals surface area contributed by atoms with Crippen molar-refractivity contribution in [1.82, 2.24) is 20.3 Å². The van der Waals surface area contributed by atoms with Crippen molar-refractivity contribution in [3.8, 4) is 5.75 Å². The maximum Gasteiger partial charge on any atom is 0.157 e. The van der Waals surface area contributed by atoms with Gasteiger partial charge in [-0.1, -0.05) is 0 Å². The lowest BCUT2D eigenvalue weighted by Gasteiger charge is -2.32. The summed E-state index contributed by atoms with van der Waals surface area (Å²) in [6.45, 7) is 5.20. The fourth-order valence-electron chi connectivity index (χ4n) is 4.44. The molecule has 1 aliphatic heterocycles. The van der Waals surface area contributed by atoms with Crippen molar-refractivity contribution in [2.24, 2.45) is 0 Å². The van der Waals surface area contributed by atoms with Gasteiger partial charge in [-0.15, -0.1) is 11.3 Å². The number of aliphatic hydroxyl groups excluding tert-OH is 1. The van der Waals surface area contributed by atoms with Crippen LogP contribution in [-0.2, 0) is 4.74 Å². The molecule has 1 aliphatic carbocycles. The molecule has 1 atom stereocenters. The molecule has 3 aromatic rings. The molecule has 8 nitrogen and oxygen atoms in total. The van der Waals surface area contributed by atoms with Crippen molar-refractivity contribution < 1.29 is 14.6 Å². The lowest BCUT2D eigenvalue weighted by atomic mass is 9.93. The lowest BCUT2D eigenvalue weighted by molar-refractivity contribution is 0.0889. The maximum absolute atomic E-state index is 10.4. The van der Waals surface area contributed by atoms with Crippen molar-refractivity contribution in [3.05, 3.63) is 40.6 Å². The summed E-state index contributed by atoms with van der Waals surface area (Å²) in [4.78, 5) is 16.8. The third kappa shape index (κ3) is 4.85. The van der Waals surface area contributed by atoms with Crippen molar-refractivity contribution in [2.45, 2.75) is 51.0 Å². The average molecular weight is 456 g/mol. The van der Waals surface area contributed by atoms with Crippen LogP contribution in [-0.4, -0.2) is 58.5 Å². The predicted molar refractivity (Wildman–Crippen MR) is 124 cm³/mol. The number of anilines is 1. The van der Waals surface area contributed by atoms with Gasteiger partial charge in [-0.2, -0.15) is 0 Å². The highest BCUT2D eigenvalue weighted by Gasteiger charge is 2.26. The van der Waals surface area contributed by atoms with Crippen LogP contribution >= 0.6 is 11.3 Å². The highest BCUT2D eigenvalue weighted by atomic mass is 32.1. The summed E-state index contributed by atoms with van der Waals surface area (Å²) in [5, 5.41) is 14.5. The van der Waals surface area contributed by atoms with E-state index in [1.54, 1.807) is 18.6 Å². The summed E-state index contributed by atoms with van der Waals surface area (Å²) in [5.41, 5.74) is 2.76. The van der Waals surface area contributed by atoms with E-state index < -0.39 is 6.23 Å². The van der Waals surface area contributed by atoms with Gasteiger partial charge in [0.15, 0.2) is 6.23 Å². The van der Waals surface area contributed by atoms with E-state index >= 15 is 0 Å². The molecule has 32 heavy (non-hydrogen) atoms. The number of benzene rings is 1. The Morgan fingerprint density at radius 3 is 2.66 bits per heavy atom. The monoisotopic (exact) mass is 455 g/mol. The molecule has 9 heteroatoms. The number of nitrogens with zero attached hydrogens (tertiary/aromatic N) is 4. The van der Waals surface area contributed by atoms with Crippen LogP contribution in [0.25, 0.3) is 11.0 Å². The molecule has 2 aromatic heterocycles. The molecular formula is C23H29N5O3S. The number of nitrogens with one attached hydrogen (secondary N) is 1. The van der Waals surface area contributed by atoms with E-state index in [0.717, 1.165) is 84.3 Å². The minimum atomic E-state index is -0.708. The van der Waals surface area contributed by atoms with E-state index in [-0.39, 0.29) is 12.1 Å². The molecule has 3 heterocycles. The number of aliphatic hydroxyl groups is 1. The van der Waals surface area contributed by atoms with E-state index in [2.05, 4.69) is 37.3 Å². The smallest absolute Gasteiger partial charge is 0.157 e. The Bertz CT molecular complexity index is 1050. The fourth-order valence-corrected chi connectivity index (χ4v) is 5.16. The summed E-state index contributed by atoms with van der Waals surface area (Å²) >= 11 is 1.53. The third-order valence-corrected chi connectivity index (χ3v) is 7.10. The molecule has 1 saturated carbocycles. The number of hydrogen-bond acceptors (Lipinski definition) is 9. The van der Waals surface area contributed by atoms with Gasteiger partial charge >= 0.3 is 0 Å². The standard InChI is InChI=1S/C23H29N5O3S/c1-15-14-26-23(32-15)22(29)27-16-2-4-18(5-3-16)31-20-13-17(28-8-10-30-11-9-28)12-19-21(20)25-7-6-24-19/h6-7,12-14,16,18,22,27,29H,2-5,8-11H2,1H3. The van der Waals surface area contributed by atoms with E-state index in [1.165, 1.54) is 11.3 Å². The zero-order chi connectivity index (χ0) is 21.9. The van der Waals surface area contributed by atoms with Crippen LogP contribution in [0.1, 0.15) is 41.8 Å². The van der Waals surface area contributed by atoms with Crippen LogP contribution in [0, 0.1) is 6.92 Å². The zero-order valence-electron chi connectivity index (χ0n) is 18.2. The van der Waals surface area contributed by atoms with Crippen molar-refractivity contribution in [2.75, 3.05) is 31.2 Å². The molecule has 0 spiro atoms. The molecule has 1 aromatic carbocycles. The average Bonchev–Trinajstić information content (AvgIpc) is 3.27. The largest absolute Gasteiger partial charge is 0.488 e. The third-order valence-electron chi connectivity index (χ3n) is 6.13. The normalized spacial score (nSPS) is 22.8. The number of hydrogen-bond donors (Lipinski definition) is 2. The number of fused-ring (bicyclic) bond motifs is 1. The first kappa shape index (κ1) is 21.5. The quantitative estimate of drug-likeness (QED) is 0.548. The Labute approximate surface area is 191 Å². The summed E-state index contributed by atoms with van der Waals surface area (Å²) < 4.78 is 12.0. The number of aromatic nitrogens is 3. The minimum Gasteiger partial charge on any atom is -0.488 e. The van der Waals surface area contributed by atoms with Crippen LogP contribution in [0.4, 0.5) is 5.69 Å². The number of thiazole rings is 1. The Morgan fingerprint density at radius 2 is 1.91 bits per heavy atom. The fraction of sp³-hybridized carbons (Fsp3) is 0.522. The van der Waals surface area contributed by atoms with E-state index in [0.29, 0.717) is 0 Å². The molecule has 0 amide bonds. The molecular weight excluding hydrogens is 426 g/mol. The molecule has 170 valence electrons. The molecule has 2 fully saturated rings. The van der Waals surface area contributed by atoms with E-state index in [9.17, 15) is 5.11 Å². The summed E-state index contributed by atoms with van der Waals surface area (Å²) in [7, 11) is 0.